The van der Waals surface area contributed by atoms with Gasteiger partial charge in [-0.2, -0.15) is 0 Å². The van der Waals surface area contributed by atoms with Crippen LogP contribution in [0.1, 0.15) is 42.0 Å². The van der Waals surface area contributed by atoms with Crippen molar-refractivity contribution in [2.45, 2.75) is 32.2 Å². The second kappa shape index (κ2) is 9.76. The van der Waals surface area contributed by atoms with Crippen molar-refractivity contribution in [1.82, 2.24) is 15.5 Å². The van der Waals surface area contributed by atoms with E-state index in [4.69, 9.17) is 16.3 Å². The van der Waals surface area contributed by atoms with Crippen LogP contribution in [0, 0.1) is 6.92 Å². The van der Waals surface area contributed by atoms with Crippen molar-refractivity contribution in [2.75, 3.05) is 26.2 Å². The van der Waals surface area contributed by atoms with Crippen LogP contribution in [0.5, 0.6) is 0 Å². The molecule has 2 amide bonds. The highest BCUT2D eigenvalue weighted by atomic mass is 35.5. The number of hydrogen-bond acceptors (Lipinski definition) is 4. The normalized spacial score (nSPS) is 21.3. The van der Waals surface area contributed by atoms with E-state index in [1.165, 1.54) is 11.1 Å². The number of benzene rings is 2. The number of hydrogen-bond donors (Lipinski definition) is 2. The number of urea groups is 1. The fourth-order valence-corrected chi connectivity index (χ4v) is 4.53. The molecule has 0 bridgehead atoms. The molecule has 168 valence electrons. The van der Waals surface area contributed by atoms with Crippen LogP contribution in [0.2, 0.25) is 5.02 Å². The zero-order valence-electron chi connectivity index (χ0n) is 18.4. The topological polar surface area (TPSA) is 70.7 Å². The van der Waals surface area contributed by atoms with Crippen LogP contribution in [-0.2, 0) is 9.53 Å². The molecule has 0 saturated carbocycles. The summed E-state index contributed by atoms with van der Waals surface area (Å²) in [6, 6.07) is 14.9. The van der Waals surface area contributed by atoms with Crippen molar-refractivity contribution in [3.8, 4) is 0 Å². The Morgan fingerprint density at radius 2 is 1.81 bits per heavy atom. The minimum absolute atomic E-state index is 0.260. The number of aryl methyl sites for hydroxylation is 1. The maximum absolute atomic E-state index is 12.9. The van der Waals surface area contributed by atoms with Crippen LogP contribution in [0.4, 0.5) is 4.79 Å². The van der Waals surface area contributed by atoms with Gasteiger partial charge in [0.1, 0.15) is 0 Å². The first-order valence-corrected chi connectivity index (χ1v) is 11.3. The maximum atomic E-state index is 12.9. The summed E-state index contributed by atoms with van der Waals surface area (Å²) < 4.78 is 5.36. The zero-order chi connectivity index (χ0) is 22.7. The van der Waals surface area contributed by atoms with Crippen LogP contribution in [-0.4, -0.2) is 43.1 Å². The third kappa shape index (κ3) is 4.97. The minimum Gasteiger partial charge on any atom is -0.463 e. The van der Waals surface area contributed by atoms with Crippen molar-refractivity contribution in [3.63, 3.8) is 0 Å². The van der Waals surface area contributed by atoms with E-state index in [9.17, 15) is 9.59 Å². The molecule has 4 rings (SSSR count). The lowest BCUT2D eigenvalue weighted by molar-refractivity contribution is -0.139. The van der Waals surface area contributed by atoms with E-state index in [1.807, 2.05) is 12.1 Å². The number of nitrogens with zero attached hydrogens (tertiary/aromatic N) is 1. The van der Waals surface area contributed by atoms with Crippen molar-refractivity contribution >= 4 is 23.6 Å². The lowest BCUT2D eigenvalue weighted by Crippen LogP contribution is -2.48. The van der Waals surface area contributed by atoms with Gasteiger partial charge in [0.15, 0.2) is 0 Å². The lowest BCUT2D eigenvalue weighted by atomic mass is 9.95. The molecule has 1 fully saturated rings. The predicted molar refractivity (Wildman–Crippen MR) is 124 cm³/mol. The summed E-state index contributed by atoms with van der Waals surface area (Å²) >= 11 is 6.03. The fraction of sp³-hybridized carbons (Fsp3) is 0.360. The molecule has 0 aliphatic carbocycles. The second-order valence-corrected chi connectivity index (χ2v) is 8.76. The number of nitrogens with one attached hydrogen (secondary N) is 2. The average Bonchev–Trinajstić information content (AvgIpc) is 3.23. The Morgan fingerprint density at radius 3 is 2.50 bits per heavy atom. The molecule has 2 aromatic carbocycles. The van der Waals surface area contributed by atoms with Gasteiger partial charge in [0.05, 0.1) is 18.2 Å². The summed E-state index contributed by atoms with van der Waals surface area (Å²) in [5.41, 5.74) is 4.39. The monoisotopic (exact) mass is 453 g/mol. The number of esters is 1. The summed E-state index contributed by atoms with van der Waals surface area (Å²) in [7, 11) is 0. The first-order chi connectivity index (χ1) is 15.4. The van der Waals surface area contributed by atoms with Gasteiger partial charge in [-0.05, 0) is 56.0 Å². The molecule has 2 aliphatic rings. The molecule has 0 spiro atoms. The first-order valence-electron chi connectivity index (χ1n) is 11.0. The minimum atomic E-state index is -0.592. The highest BCUT2D eigenvalue weighted by Gasteiger charge is 2.35. The fourth-order valence-electron chi connectivity index (χ4n) is 4.41. The van der Waals surface area contributed by atoms with Gasteiger partial charge >= 0.3 is 12.0 Å². The number of rotatable bonds is 6. The number of amides is 2. The van der Waals surface area contributed by atoms with Crippen LogP contribution in [0.3, 0.4) is 0 Å². The number of likely N-dealkylation sites (tertiary alicyclic amines) is 1. The van der Waals surface area contributed by atoms with Crippen molar-refractivity contribution in [2.24, 2.45) is 0 Å². The molecule has 32 heavy (non-hydrogen) atoms. The number of halogens is 1. The molecule has 2 N–H and O–H groups in total. The average molecular weight is 454 g/mol. The van der Waals surface area contributed by atoms with Crippen molar-refractivity contribution in [1.29, 1.82) is 0 Å². The molecule has 0 radical (unpaired) electrons. The molecule has 6 nitrogen and oxygen atoms in total. The van der Waals surface area contributed by atoms with Crippen LogP contribution < -0.4 is 10.6 Å². The number of carbonyl (C=O) groups is 2. The van der Waals surface area contributed by atoms with E-state index < -0.39 is 12.0 Å². The van der Waals surface area contributed by atoms with Gasteiger partial charge in [0.25, 0.3) is 0 Å². The third-order valence-corrected chi connectivity index (χ3v) is 6.31. The second-order valence-electron chi connectivity index (χ2n) is 8.33. The molecular weight excluding hydrogens is 426 g/mol. The van der Waals surface area contributed by atoms with Gasteiger partial charge in [-0.1, -0.05) is 53.6 Å². The van der Waals surface area contributed by atoms with Gasteiger partial charge in [-0.3, -0.25) is 4.90 Å². The van der Waals surface area contributed by atoms with Crippen LogP contribution in [0.25, 0.3) is 0 Å². The van der Waals surface area contributed by atoms with Crippen LogP contribution in [0.15, 0.2) is 59.8 Å². The quantitative estimate of drug-likeness (QED) is 0.639. The standard InChI is InChI=1S/C25H28ClN3O3/c1-3-32-24(30)22-21(27-25(31)28-23(22)18-8-10-20(26)11-9-18)15-29-13-12-19(14-29)17-6-4-16(2)5-7-17/h4-11,19,23H,3,12-15H2,1-2H3,(H2,27,28,31)/t19-,23+/m0/s1. The van der Waals surface area contributed by atoms with E-state index in [0.717, 1.165) is 25.1 Å². The van der Waals surface area contributed by atoms with Gasteiger partial charge in [-0.25, -0.2) is 9.59 Å². The summed E-state index contributed by atoms with van der Waals surface area (Å²) in [5, 5.41) is 6.33. The largest absolute Gasteiger partial charge is 0.463 e. The molecule has 2 heterocycles. The molecule has 1 saturated heterocycles. The highest BCUT2D eigenvalue weighted by Crippen LogP contribution is 2.31. The number of ether oxygens (including phenoxy) is 1. The number of carbonyl (C=O) groups excluding carboxylic acids is 2. The zero-order valence-corrected chi connectivity index (χ0v) is 19.1. The smallest absolute Gasteiger partial charge is 0.338 e. The molecule has 7 heteroatoms. The van der Waals surface area contributed by atoms with Crippen molar-refractivity contribution < 1.29 is 14.3 Å². The summed E-state index contributed by atoms with van der Waals surface area (Å²) in [6.07, 6.45) is 1.04. The van der Waals surface area contributed by atoms with Gasteiger partial charge in [0, 0.05) is 23.8 Å². The van der Waals surface area contributed by atoms with Gasteiger partial charge in [-0.15, -0.1) is 0 Å². The van der Waals surface area contributed by atoms with E-state index in [-0.39, 0.29) is 12.6 Å². The maximum Gasteiger partial charge on any atom is 0.338 e. The summed E-state index contributed by atoms with van der Waals surface area (Å²) in [5.74, 6) is 0.0101. The van der Waals surface area contributed by atoms with E-state index in [0.29, 0.717) is 28.8 Å². The lowest BCUT2D eigenvalue weighted by Gasteiger charge is -2.31. The molecular formula is C25H28ClN3O3. The van der Waals surface area contributed by atoms with Gasteiger partial charge in [0.2, 0.25) is 0 Å². The Kier molecular flexibility index (Phi) is 6.82. The molecule has 0 aromatic heterocycles. The van der Waals surface area contributed by atoms with E-state index in [1.54, 1.807) is 19.1 Å². The van der Waals surface area contributed by atoms with E-state index in [2.05, 4.69) is 46.7 Å². The Hall–Kier alpha value is -2.83. The third-order valence-electron chi connectivity index (χ3n) is 6.06. The summed E-state index contributed by atoms with van der Waals surface area (Å²) in [4.78, 5) is 27.7. The molecule has 2 aromatic rings. The highest BCUT2D eigenvalue weighted by molar-refractivity contribution is 6.30. The molecule has 2 aliphatic heterocycles. The molecule has 0 unspecified atom stereocenters. The van der Waals surface area contributed by atoms with E-state index >= 15 is 0 Å². The van der Waals surface area contributed by atoms with Crippen LogP contribution >= 0.6 is 11.6 Å². The van der Waals surface area contributed by atoms with Gasteiger partial charge < -0.3 is 15.4 Å². The first kappa shape index (κ1) is 22.4. The molecule has 2 atom stereocenters. The Bertz CT molecular complexity index is 1020. The Balaban J connectivity index is 1.60. The SMILES string of the molecule is CCOC(=O)C1=C(CN2CC[C@H](c3ccc(C)cc3)C2)NC(=O)N[C@@H]1c1ccc(Cl)cc1. The Labute approximate surface area is 193 Å². The predicted octanol–water partition coefficient (Wildman–Crippen LogP) is 4.31. The van der Waals surface area contributed by atoms with Crippen molar-refractivity contribution in [3.05, 3.63) is 81.5 Å². The summed E-state index contributed by atoms with van der Waals surface area (Å²) in [6.45, 7) is 6.37. The Morgan fingerprint density at radius 1 is 1.12 bits per heavy atom.